The van der Waals surface area contributed by atoms with Gasteiger partial charge in [0, 0.05) is 24.2 Å². The number of carbonyl (C=O) groups is 2. The number of amides is 1. The van der Waals surface area contributed by atoms with Crippen LogP contribution < -0.4 is 0 Å². The number of nitrogens with zero attached hydrogens (tertiary/aromatic N) is 1. The Hall–Kier alpha value is -2.10. The van der Waals surface area contributed by atoms with Gasteiger partial charge in [-0.2, -0.15) is 0 Å². The van der Waals surface area contributed by atoms with E-state index < -0.39 is 5.97 Å². The lowest BCUT2D eigenvalue weighted by molar-refractivity contribution is -0.134. The number of carboxylic acids is 1. The molecule has 100 valence electrons. The lowest BCUT2D eigenvalue weighted by atomic mass is 9.99. The molecule has 1 amide bonds. The highest BCUT2D eigenvalue weighted by Crippen LogP contribution is 2.20. The van der Waals surface area contributed by atoms with Crippen molar-refractivity contribution in [2.45, 2.75) is 26.8 Å². The van der Waals surface area contributed by atoms with Crippen LogP contribution in [0.15, 0.2) is 35.4 Å². The van der Waals surface area contributed by atoms with Gasteiger partial charge < -0.3 is 10.0 Å². The summed E-state index contributed by atoms with van der Waals surface area (Å²) < 4.78 is 0. The Morgan fingerprint density at radius 2 is 1.74 bits per heavy atom. The van der Waals surface area contributed by atoms with Gasteiger partial charge in [0.25, 0.3) is 0 Å². The molecule has 1 heterocycles. The van der Waals surface area contributed by atoms with Crippen LogP contribution in [0.1, 0.15) is 25.0 Å². The molecule has 1 N–H and O–H groups in total. The molecule has 1 aliphatic rings. The maximum absolute atomic E-state index is 12.3. The van der Waals surface area contributed by atoms with Crippen LogP contribution in [0.2, 0.25) is 0 Å². The lowest BCUT2D eigenvalue weighted by Gasteiger charge is -2.29. The van der Waals surface area contributed by atoms with Crippen molar-refractivity contribution in [3.63, 3.8) is 0 Å². The van der Waals surface area contributed by atoms with E-state index in [1.54, 1.807) is 11.8 Å². The summed E-state index contributed by atoms with van der Waals surface area (Å²) in [6, 6.07) is 8.04. The maximum Gasteiger partial charge on any atom is 0.331 e. The topological polar surface area (TPSA) is 57.6 Å². The molecule has 0 aromatic heterocycles. The molecule has 0 bridgehead atoms. The normalized spacial score (nSPS) is 15.6. The summed E-state index contributed by atoms with van der Waals surface area (Å²) in [5, 5.41) is 8.93. The van der Waals surface area contributed by atoms with Crippen molar-refractivity contribution in [2.75, 3.05) is 6.54 Å². The van der Waals surface area contributed by atoms with Crippen LogP contribution in [-0.2, 0) is 22.6 Å². The van der Waals surface area contributed by atoms with Crippen molar-refractivity contribution >= 4 is 11.9 Å². The number of benzene rings is 1. The molecule has 19 heavy (non-hydrogen) atoms. The van der Waals surface area contributed by atoms with E-state index in [-0.39, 0.29) is 11.5 Å². The maximum atomic E-state index is 12.3. The van der Waals surface area contributed by atoms with Gasteiger partial charge in [-0.25, -0.2) is 4.79 Å². The van der Waals surface area contributed by atoms with Crippen LogP contribution in [-0.4, -0.2) is 28.4 Å². The zero-order chi connectivity index (χ0) is 14.0. The van der Waals surface area contributed by atoms with Gasteiger partial charge in [0.15, 0.2) is 0 Å². The molecular weight excluding hydrogens is 242 g/mol. The summed E-state index contributed by atoms with van der Waals surface area (Å²) in [6.07, 6.45) is 0.821. The van der Waals surface area contributed by atoms with Crippen LogP contribution in [0.25, 0.3) is 0 Å². The van der Waals surface area contributed by atoms with Crippen LogP contribution in [0.4, 0.5) is 0 Å². The first kappa shape index (κ1) is 13.3. The Bertz CT molecular complexity index is 560. The zero-order valence-electron chi connectivity index (χ0n) is 11.1. The molecule has 1 aliphatic heterocycles. The molecule has 0 atom stereocenters. The standard InChI is InChI=1S/C15H17NO3/c1-10(11(2)15(18)19)14(17)16-8-7-12-5-3-4-6-13(12)9-16/h3-6H,7-9H2,1-2H3,(H,18,19). The largest absolute Gasteiger partial charge is 0.478 e. The fourth-order valence-corrected chi connectivity index (χ4v) is 2.23. The minimum atomic E-state index is -1.04. The van der Waals surface area contributed by atoms with E-state index in [1.165, 1.54) is 12.5 Å². The first-order valence-electron chi connectivity index (χ1n) is 6.27. The van der Waals surface area contributed by atoms with Gasteiger partial charge in [-0.1, -0.05) is 24.3 Å². The summed E-state index contributed by atoms with van der Waals surface area (Å²) in [7, 11) is 0. The first-order valence-corrected chi connectivity index (χ1v) is 6.27. The zero-order valence-corrected chi connectivity index (χ0v) is 11.1. The molecule has 1 aromatic rings. The van der Waals surface area contributed by atoms with Crippen molar-refractivity contribution in [1.29, 1.82) is 0 Å². The Morgan fingerprint density at radius 1 is 1.11 bits per heavy atom. The van der Waals surface area contributed by atoms with E-state index in [2.05, 4.69) is 6.07 Å². The van der Waals surface area contributed by atoms with Gasteiger partial charge in [0.05, 0.1) is 0 Å². The second kappa shape index (κ2) is 5.26. The van der Waals surface area contributed by atoms with Crippen molar-refractivity contribution in [3.8, 4) is 0 Å². The van der Waals surface area contributed by atoms with Gasteiger partial charge in [-0.15, -0.1) is 0 Å². The van der Waals surface area contributed by atoms with Crippen LogP contribution in [0.3, 0.4) is 0 Å². The Balaban J connectivity index is 2.20. The summed E-state index contributed by atoms with van der Waals surface area (Å²) in [4.78, 5) is 24.9. The van der Waals surface area contributed by atoms with Crippen molar-refractivity contribution in [1.82, 2.24) is 4.90 Å². The highest BCUT2D eigenvalue weighted by molar-refractivity contribution is 6.01. The Labute approximate surface area is 112 Å². The Kier molecular flexibility index (Phi) is 3.69. The lowest BCUT2D eigenvalue weighted by Crippen LogP contribution is -2.36. The van der Waals surface area contributed by atoms with Crippen LogP contribution in [0.5, 0.6) is 0 Å². The van der Waals surface area contributed by atoms with Crippen molar-refractivity contribution < 1.29 is 14.7 Å². The number of hydrogen-bond acceptors (Lipinski definition) is 2. The third-order valence-corrected chi connectivity index (χ3v) is 3.62. The van der Waals surface area contributed by atoms with Gasteiger partial charge in [0.2, 0.25) is 5.91 Å². The molecule has 4 nitrogen and oxygen atoms in total. The van der Waals surface area contributed by atoms with E-state index >= 15 is 0 Å². The summed E-state index contributed by atoms with van der Waals surface area (Å²) in [5.74, 6) is -1.22. The van der Waals surface area contributed by atoms with Gasteiger partial charge in [-0.05, 0) is 31.4 Å². The van der Waals surface area contributed by atoms with Crippen LogP contribution >= 0.6 is 0 Å². The van der Waals surface area contributed by atoms with E-state index in [9.17, 15) is 9.59 Å². The minimum absolute atomic E-state index is 0.115. The molecule has 0 radical (unpaired) electrons. The van der Waals surface area contributed by atoms with Gasteiger partial charge in [-0.3, -0.25) is 4.79 Å². The molecule has 0 saturated heterocycles. The smallest absolute Gasteiger partial charge is 0.331 e. The molecule has 1 aromatic carbocycles. The fourth-order valence-electron chi connectivity index (χ4n) is 2.23. The number of rotatable bonds is 2. The average Bonchev–Trinajstić information content (AvgIpc) is 2.44. The molecule has 0 spiro atoms. The first-order chi connectivity index (χ1) is 9.00. The van der Waals surface area contributed by atoms with Gasteiger partial charge >= 0.3 is 5.97 Å². The molecule has 0 aliphatic carbocycles. The molecule has 4 heteroatoms. The van der Waals surface area contributed by atoms with E-state index in [4.69, 9.17) is 5.11 Å². The average molecular weight is 259 g/mol. The molecular formula is C15H17NO3. The second-order valence-electron chi connectivity index (χ2n) is 4.80. The van der Waals surface area contributed by atoms with E-state index in [1.807, 2.05) is 18.2 Å². The predicted molar refractivity (Wildman–Crippen MR) is 71.6 cm³/mol. The van der Waals surface area contributed by atoms with Gasteiger partial charge in [0.1, 0.15) is 0 Å². The summed E-state index contributed by atoms with van der Waals surface area (Å²) in [5.41, 5.74) is 2.83. The van der Waals surface area contributed by atoms with Crippen molar-refractivity contribution in [2.24, 2.45) is 0 Å². The van der Waals surface area contributed by atoms with Crippen molar-refractivity contribution in [3.05, 3.63) is 46.5 Å². The highest BCUT2D eigenvalue weighted by atomic mass is 16.4. The quantitative estimate of drug-likeness (QED) is 0.826. The van der Waals surface area contributed by atoms with E-state index in [0.717, 1.165) is 12.0 Å². The SMILES string of the molecule is CC(C(=O)O)=C(C)C(=O)N1CCc2ccccc2C1. The number of carbonyl (C=O) groups excluding carboxylic acids is 1. The molecule has 0 saturated carbocycles. The predicted octanol–water partition coefficient (Wildman–Crippen LogP) is 1.99. The minimum Gasteiger partial charge on any atom is -0.478 e. The summed E-state index contributed by atoms with van der Waals surface area (Å²) >= 11 is 0. The third-order valence-electron chi connectivity index (χ3n) is 3.62. The fraction of sp³-hybridized carbons (Fsp3) is 0.333. The number of fused-ring (bicyclic) bond motifs is 1. The number of hydrogen-bond donors (Lipinski definition) is 1. The summed E-state index contributed by atoms with van der Waals surface area (Å²) in [6.45, 7) is 4.24. The molecule has 0 fully saturated rings. The third kappa shape index (κ3) is 2.67. The molecule has 0 unspecified atom stereocenters. The Morgan fingerprint density at radius 3 is 2.37 bits per heavy atom. The monoisotopic (exact) mass is 259 g/mol. The second-order valence-corrected chi connectivity index (χ2v) is 4.80. The highest BCUT2D eigenvalue weighted by Gasteiger charge is 2.23. The van der Waals surface area contributed by atoms with Crippen LogP contribution in [0, 0.1) is 0 Å². The van der Waals surface area contributed by atoms with E-state index in [0.29, 0.717) is 18.7 Å². The molecule has 2 rings (SSSR count). The number of aliphatic carboxylic acids is 1. The number of carboxylic acid groups (broad SMARTS) is 1.